The molecule has 0 radical (unpaired) electrons. The maximum Gasteiger partial charge on any atom is 0.400 e. The fourth-order valence-electron chi connectivity index (χ4n) is 3.90. The van der Waals surface area contributed by atoms with Crippen LogP contribution >= 0.6 is 38.9 Å². The van der Waals surface area contributed by atoms with Crippen LogP contribution in [0, 0.1) is 0 Å². The quantitative estimate of drug-likeness (QED) is 0.255. The summed E-state index contributed by atoms with van der Waals surface area (Å²) in [7, 11) is 0. The first-order valence-corrected chi connectivity index (χ1v) is 12.3. The Hall–Kier alpha value is -2.23. The van der Waals surface area contributed by atoms with Crippen LogP contribution in [0.1, 0.15) is 30.5 Å². The van der Waals surface area contributed by atoms with Gasteiger partial charge >= 0.3 is 6.18 Å². The highest BCUT2D eigenvalue weighted by Crippen LogP contribution is 2.59. The Balaban J connectivity index is 1.71. The molecule has 2 aromatic heterocycles. The minimum absolute atomic E-state index is 0.00420. The molecule has 0 atom stereocenters. The van der Waals surface area contributed by atoms with Crippen LogP contribution in [-0.4, -0.2) is 25.9 Å². The van der Waals surface area contributed by atoms with E-state index in [9.17, 15) is 13.2 Å². The molecule has 1 aliphatic carbocycles. The number of nitrogens with zero attached hydrogens (tertiary/aromatic N) is 4. The van der Waals surface area contributed by atoms with Crippen LogP contribution in [0.3, 0.4) is 0 Å². The van der Waals surface area contributed by atoms with Gasteiger partial charge in [0, 0.05) is 15.7 Å². The third-order valence-electron chi connectivity index (χ3n) is 5.84. The van der Waals surface area contributed by atoms with Crippen molar-refractivity contribution < 1.29 is 13.2 Å². The maximum absolute atomic E-state index is 13.6. The van der Waals surface area contributed by atoms with Gasteiger partial charge in [0.1, 0.15) is 21.9 Å². The number of aromatic nitrogens is 4. The molecule has 1 saturated carbocycles. The summed E-state index contributed by atoms with van der Waals surface area (Å²) in [5.74, 6) is 0.600. The lowest BCUT2D eigenvalue weighted by Gasteiger charge is -2.15. The maximum atomic E-state index is 13.6. The minimum Gasteiger partial charge on any atom is -0.296 e. The summed E-state index contributed by atoms with van der Waals surface area (Å²) in [6, 6.07) is 15.1. The Labute approximate surface area is 205 Å². The Morgan fingerprint density at radius 2 is 1.79 bits per heavy atom. The van der Waals surface area contributed by atoms with Crippen LogP contribution < -0.4 is 0 Å². The SMILES string of the molecule is CCc1c(-c2nnc(C3(C(F)(F)F)CC3)s2)nc(-c2ccccc2Cl)n1-c1ccc(Br)cc1. The first kappa shape index (κ1) is 22.6. The van der Waals surface area contributed by atoms with Crippen molar-refractivity contribution >= 4 is 38.9 Å². The number of benzene rings is 2. The summed E-state index contributed by atoms with van der Waals surface area (Å²) < 4.78 is 43.8. The van der Waals surface area contributed by atoms with Gasteiger partial charge in [-0.05, 0) is 55.7 Å². The Morgan fingerprint density at radius 1 is 1.09 bits per heavy atom. The van der Waals surface area contributed by atoms with Gasteiger partial charge in [0.05, 0.1) is 10.7 Å². The lowest BCUT2D eigenvalue weighted by molar-refractivity contribution is -0.160. The molecular weight excluding hydrogens is 537 g/mol. The summed E-state index contributed by atoms with van der Waals surface area (Å²) in [6.07, 6.45) is -3.66. The molecule has 0 amide bonds. The van der Waals surface area contributed by atoms with Crippen LogP contribution in [0.4, 0.5) is 13.2 Å². The van der Waals surface area contributed by atoms with Crippen LogP contribution in [0.2, 0.25) is 5.02 Å². The second-order valence-corrected chi connectivity index (χ2v) is 10.2. The molecule has 4 nitrogen and oxygen atoms in total. The molecule has 2 aromatic carbocycles. The fourth-order valence-corrected chi connectivity index (χ4v) is 5.50. The zero-order chi connectivity index (χ0) is 23.4. The van der Waals surface area contributed by atoms with Crippen molar-refractivity contribution in [2.24, 2.45) is 0 Å². The number of rotatable bonds is 5. The van der Waals surface area contributed by atoms with E-state index < -0.39 is 11.6 Å². The molecular formula is C23H17BrClF3N4S. The van der Waals surface area contributed by atoms with E-state index in [1.54, 1.807) is 6.07 Å². The molecule has 0 N–H and O–H groups in total. The number of hydrogen-bond acceptors (Lipinski definition) is 4. The molecule has 0 spiro atoms. The highest BCUT2D eigenvalue weighted by molar-refractivity contribution is 9.10. The van der Waals surface area contributed by atoms with Gasteiger partial charge in [-0.2, -0.15) is 13.2 Å². The minimum atomic E-state index is -4.34. The highest BCUT2D eigenvalue weighted by Gasteiger charge is 2.66. The number of halogens is 5. The molecule has 0 aliphatic heterocycles. The van der Waals surface area contributed by atoms with Gasteiger partial charge in [0.25, 0.3) is 0 Å². The molecule has 170 valence electrons. The van der Waals surface area contributed by atoms with Crippen molar-refractivity contribution in [3.8, 4) is 27.8 Å². The van der Waals surface area contributed by atoms with Crippen LogP contribution in [-0.2, 0) is 11.8 Å². The van der Waals surface area contributed by atoms with E-state index in [4.69, 9.17) is 16.6 Å². The largest absolute Gasteiger partial charge is 0.400 e. The topological polar surface area (TPSA) is 43.6 Å². The standard InChI is InChI=1S/C23H17BrClF3N4S/c1-2-17-18(20-30-31-21(33-20)22(11-12-22)23(26,27)28)29-19(15-5-3-4-6-16(15)25)32(17)14-9-7-13(24)8-10-14/h3-10H,2,11-12H2,1H3. The first-order chi connectivity index (χ1) is 15.7. The summed E-state index contributed by atoms with van der Waals surface area (Å²) in [4.78, 5) is 4.85. The van der Waals surface area contributed by atoms with Crippen LogP contribution in [0.25, 0.3) is 27.8 Å². The van der Waals surface area contributed by atoms with E-state index in [0.29, 0.717) is 28.0 Å². The molecule has 0 unspecified atom stereocenters. The lowest BCUT2D eigenvalue weighted by Crippen LogP contribution is -2.28. The van der Waals surface area contributed by atoms with Gasteiger partial charge in [-0.25, -0.2) is 4.98 Å². The highest BCUT2D eigenvalue weighted by atomic mass is 79.9. The second kappa shape index (κ2) is 8.21. The van der Waals surface area contributed by atoms with Gasteiger partial charge in [-0.1, -0.05) is 57.9 Å². The second-order valence-electron chi connectivity index (χ2n) is 7.87. The number of imidazole rings is 1. The Kier molecular flexibility index (Phi) is 5.61. The predicted octanol–water partition coefficient (Wildman–Crippen LogP) is 7.63. The Morgan fingerprint density at radius 3 is 2.39 bits per heavy atom. The third kappa shape index (κ3) is 3.80. The number of alkyl halides is 3. The van der Waals surface area contributed by atoms with Crippen molar-refractivity contribution in [3.05, 3.63) is 68.7 Å². The molecule has 5 rings (SSSR count). The molecule has 10 heteroatoms. The average Bonchev–Trinajstić information content (AvgIpc) is 3.32. The van der Waals surface area contributed by atoms with E-state index in [0.717, 1.165) is 32.8 Å². The van der Waals surface area contributed by atoms with E-state index in [1.165, 1.54) is 0 Å². The molecule has 0 bridgehead atoms. The first-order valence-electron chi connectivity index (χ1n) is 10.3. The van der Waals surface area contributed by atoms with Crippen molar-refractivity contribution in [1.29, 1.82) is 0 Å². The zero-order valence-electron chi connectivity index (χ0n) is 17.3. The van der Waals surface area contributed by atoms with Crippen molar-refractivity contribution in [2.75, 3.05) is 0 Å². The molecule has 0 saturated heterocycles. The summed E-state index contributed by atoms with van der Waals surface area (Å²) in [5.41, 5.74) is 1.07. The van der Waals surface area contributed by atoms with Crippen molar-refractivity contribution in [2.45, 2.75) is 37.8 Å². The van der Waals surface area contributed by atoms with Gasteiger partial charge in [-0.3, -0.25) is 4.57 Å². The van der Waals surface area contributed by atoms with Crippen molar-refractivity contribution in [1.82, 2.24) is 19.7 Å². The smallest absolute Gasteiger partial charge is 0.296 e. The van der Waals surface area contributed by atoms with E-state index in [1.807, 2.05) is 54.0 Å². The van der Waals surface area contributed by atoms with E-state index in [2.05, 4.69) is 26.1 Å². The molecule has 2 heterocycles. The average molecular weight is 554 g/mol. The Bertz CT molecular complexity index is 1330. The molecule has 1 fully saturated rings. The van der Waals surface area contributed by atoms with Gasteiger partial charge in [0.2, 0.25) is 0 Å². The third-order valence-corrected chi connectivity index (χ3v) is 7.83. The summed E-state index contributed by atoms with van der Waals surface area (Å²) >= 11 is 10.9. The monoisotopic (exact) mass is 552 g/mol. The zero-order valence-corrected chi connectivity index (χ0v) is 20.5. The van der Waals surface area contributed by atoms with E-state index in [-0.39, 0.29) is 17.8 Å². The molecule has 1 aliphatic rings. The summed E-state index contributed by atoms with van der Waals surface area (Å²) in [6.45, 7) is 1.98. The van der Waals surface area contributed by atoms with Gasteiger partial charge in [-0.15, -0.1) is 10.2 Å². The van der Waals surface area contributed by atoms with Gasteiger partial charge in [0.15, 0.2) is 5.01 Å². The van der Waals surface area contributed by atoms with Crippen LogP contribution in [0.5, 0.6) is 0 Å². The van der Waals surface area contributed by atoms with Crippen molar-refractivity contribution in [3.63, 3.8) is 0 Å². The lowest BCUT2D eigenvalue weighted by atomic mass is 10.1. The normalized spacial score (nSPS) is 15.1. The fraction of sp³-hybridized carbons (Fsp3) is 0.261. The molecule has 33 heavy (non-hydrogen) atoms. The van der Waals surface area contributed by atoms with E-state index >= 15 is 0 Å². The summed E-state index contributed by atoms with van der Waals surface area (Å²) in [5, 5.41) is 9.00. The van der Waals surface area contributed by atoms with Crippen LogP contribution in [0.15, 0.2) is 53.0 Å². The van der Waals surface area contributed by atoms with Gasteiger partial charge < -0.3 is 0 Å². The number of hydrogen-bond donors (Lipinski definition) is 0. The molecule has 4 aromatic rings. The predicted molar refractivity (Wildman–Crippen MR) is 127 cm³/mol.